The minimum Gasteiger partial charge on any atom is -0.344 e. The highest BCUT2D eigenvalue weighted by Crippen LogP contribution is 2.34. The topological polar surface area (TPSA) is 104 Å². The lowest BCUT2D eigenvalue weighted by molar-refractivity contribution is 0.252. The van der Waals surface area contributed by atoms with E-state index in [1.54, 1.807) is 12.1 Å². The number of nitrogens with zero attached hydrogens (tertiary/aromatic N) is 3. The Bertz CT molecular complexity index is 845. The number of aromatic nitrogens is 2. The van der Waals surface area contributed by atoms with Gasteiger partial charge < -0.3 is 9.84 Å². The zero-order valence-corrected chi connectivity index (χ0v) is 11.2. The molecule has 0 bridgehead atoms. The molecule has 0 aliphatic heterocycles. The highest BCUT2D eigenvalue weighted by atomic mass is 32.1. The highest BCUT2D eigenvalue weighted by molar-refractivity contribution is 7.23. The summed E-state index contributed by atoms with van der Waals surface area (Å²) in [7, 11) is 0. The molecule has 2 amide bonds. The van der Waals surface area contributed by atoms with Gasteiger partial charge >= 0.3 is 6.03 Å². The lowest BCUT2D eigenvalue weighted by Gasteiger charge is -2.00. The number of hydrogen-bond donors (Lipinski definition) is 2. The van der Waals surface area contributed by atoms with Crippen molar-refractivity contribution >= 4 is 43.6 Å². The summed E-state index contributed by atoms with van der Waals surface area (Å²) in [5, 5.41) is 19.2. The summed E-state index contributed by atoms with van der Waals surface area (Å²) < 4.78 is 5.74. The zero-order valence-electron chi connectivity index (χ0n) is 10.4. The van der Waals surface area contributed by atoms with Gasteiger partial charge in [-0.15, -0.1) is 0 Å². The van der Waals surface area contributed by atoms with Crippen LogP contribution in [0.1, 0.15) is 12.7 Å². The van der Waals surface area contributed by atoms with Crippen LogP contribution in [0.25, 0.3) is 21.1 Å². The molecule has 2 aromatic heterocycles. The maximum Gasteiger partial charge on any atom is 0.321 e. The molecular weight excluding hydrogens is 278 g/mol. The van der Waals surface area contributed by atoms with Crippen molar-refractivity contribution in [1.29, 1.82) is 5.26 Å². The van der Waals surface area contributed by atoms with Crippen molar-refractivity contribution in [2.75, 3.05) is 11.9 Å². The molecule has 20 heavy (non-hydrogen) atoms. The van der Waals surface area contributed by atoms with E-state index in [-0.39, 0.29) is 11.8 Å². The van der Waals surface area contributed by atoms with Crippen LogP contribution < -0.4 is 10.6 Å². The second-order valence-electron chi connectivity index (χ2n) is 3.93. The van der Waals surface area contributed by atoms with E-state index in [4.69, 9.17) is 9.78 Å². The van der Waals surface area contributed by atoms with Crippen molar-refractivity contribution in [2.24, 2.45) is 0 Å². The van der Waals surface area contributed by atoms with E-state index in [0.717, 1.165) is 4.70 Å². The fourth-order valence-electron chi connectivity index (χ4n) is 1.85. The van der Waals surface area contributed by atoms with E-state index >= 15 is 0 Å². The number of hydrogen-bond acceptors (Lipinski definition) is 6. The van der Waals surface area contributed by atoms with Crippen LogP contribution in [-0.4, -0.2) is 22.7 Å². The molecule has 0 fully saturated rings. The molecule has 3 aromatic rings. The molecule has 0 unspecified atom stereocenters. The number of nitriles is 1. The number of carbonyl (C=O) groups excluding carboxylic acids is 1. The summed E-state index contributed by atoms with van der Waals surface area (Å²) in [4.78, 5) is 15.8. The first-order valence-electron chi connectivity index (χ1n) is 5.86. The lowest BCUT2D eigenvalue weighted by atomic mass is 10.2. The average molecular weight is 287 g/mol. The average Bonchev–Trinajstić information content (AvgIpc) is 3.00. The van der Waals surface area contributed by atoms with Crippen LogP contribution in [0.15, 0.2) is 16.7 Å². The van der Waals surface area contributed by atoms with Gasteiger partial charge in [-0.2, -0.15) is 5.26 Å². The van der Waals surface area contributed by atoms with Crippen molar-refractivity contribution in [2.45, 2.75) is 6.92 Å². The van der Waals surface area contributed by atoms with Gasteiger partial charge in [0.15, 0.2) is 5.13 Å². The third kappa shape index (κ3) is 1.94. The SMILES string of the molecule is CCNC(=O)Nc1nc2ccc3noc(C#N)c3c2s1. The molecule has 0 aliphatic rings. The molecule has 0 saturated carbocycles. The largest absolute Gasteiger partial charge is 0.344 e. The van der Waals surface area contributed by atoms with Crippen LogP contribution in [0.2, 0.25) is 0 Å². The standard InChI is InChI=1S/C12H9N5O2S/c1-2-14-11(18)16-12-15-7-4-3-6-9(10(7)20-12)8(5-13)19-17-6/h3-4H,2H2,1H3,(H2,14,15,16,18). The van der Waals surface area contributed by atoms with E-state index in [2.05, 4.69) is 20.8 Å². The summed E-state index contributed by atoms with van der Waals surface area (Å²) in [5.74, 6) is 0.152. The summed E-state index contributed by atoms with van der Waals surface area (Å²) in [5.41, 5.74) is 1.29. The minimum absolute atomic E-state index is 0.152. The molecule has 2 N–H and O–H groups in total. The maximum atomic E-state index is 11.5. The van der Waals surface area contributed by atoms with E-state index < -0.39 is 0 Å². The number of nitrogens with one attached hydrogen (secondary N) is 2. The van der Waals surface area contributed by atoms with Crippen LogP contribution in [0.3, 0.4) is 0 Å². The van der Waals surface area contributed by atoms with Crippen LogP contribution in [0.4, 0.5) is 9.93 Å². The molecular formula is C12H9N5O2S. The molecule has 0 atom stereocenters. The molecule has 0 saturated heterocycles. The predicted molar refractivity (Wildman–Crippen MR) is 74.6 cm³/mol. The molecule has 7 nitrogen and oxygen atoms in total. The third-order valence-electron chi connectivity index (χ3n) is 2.66. The Morgan fingerprint density at radius 2 is 2.30 bits per heavy atom. The zero-order chi connectivity index (χ0) is 14.1. The first-order chi connectivity index (χ1) is 9.72. The van der Waals surface area contributed by atoms with Gasteiger partial charge in [0.2, 0.25) is 5.76 Å². The lowest BCUT2D eigenvalue weighted by Crippen LogP contribution is -2.28. The summed E-state index contributed by atoms with van der Waals surface area (Å²) in [6, 6.07) is 5.16. The van der Waals surface area contributed by atoms with Gasteiger partial charge in [-0.3, -0.25) is 5.32 Å². The van der Waals surface area contributed by atoms with E-state index in [1.165, 1.54) is 11.3 Å². The Labute approximate surface area is 117 Å². The first-order valence-corrected chi connectivity index (χ1v) is 6.68. The van der Waals surface area contributed by atoms with E-state index in [1.807, 2.05) is 13.0 Å². The fraction of sp³-hybridized carbons (Fsp3) is 0.167. The molecule has 0 radical (unpaired) electrons. The van der Waals surface area contributed by atoms with Gasteiger partial charge in [0.05, 0.1) is 15.6 Å². The molecule has 8 heteroatoms. The molecule has 100 valence electrons. The number of anilines is 1. The predicted octanol–water partition coefficient (Wildman–Crippen LogP) is 2.45. The first kappa shape index (κ1) is 12.4. The van der Waals surface area contributed by atoms with Gasteiger partial charge in [-0.05, 0) is 19.1 Å². The number of thiazole rings is 1. The van der Waals surface area contributed by atoms with Crippen molar-refractivity contribution in [3.05, 3.63) is 17.9 Å². The monoisotopic (exact) mass is 287 g/mol. The normalized spacial score (nSPS) is 10.6. The summed E-state index contributed by atoms with van der Waals surface area (Å²) in [6.45, 7) is 2.36. The van der Waals surface area contributed by atoms with Crippen LogP contribution >= 0.6 is 11.3 Å². The van der Waals surface area contributed by atoms with Gasteiger partial charge in [0, 0.05) is 6.54 Å². The molecule has 0 spiro atoms. The van der Waals surface area contributed by atoms with Gasteiger partial charge in [0.1, 0.15) is 11.6 Å². The van der Waals surface area contributed by atoms with E-state index in [0.29, 0.717) is 28.1 Å². The smallest absolute Gasteiger partial charge is 0.321 e. The van der Waals surface area contributed by atoms with Crippen LogP contribution in [0.5, 0.6) is 0 Å². The number of rotatable bonds is 2. The van der Waals surface area contributed by atoms with Crippen LogP contribution in [-0.2, 0) is 0 Å². The maximum absolute atomic E-state index is 11.5. The van der Waals surface area contributed by atoms with E-state index in [9.17, 15) is 4.79 Å². The second kappa shape index (κ2) is 4.79. The summed E-state index contributed by atoms with van der Waals surface area (Å²) >= 11 is 1.28. The Balaban J connectivity index is 2.11. The number of urea groups is 1. The Hall–Kier alpha value is -2.66. The second-order valence-corrected chi connectivity index (χ2v) is 4.93. The molecule has 3 rings (SSSR count). The van der Waals surface area contributed by atoms with Gasteiger partial charge in [-0.1, -0.05) is 16.5 Å². The molecule has 0 aliphatic carbocycles. The number of benzene rings is 1. The van der Waals surface area contributed by atoms with Crippen molar-refractivity contribution < 1.29 is 9.32 Å². The number of fused-ring (bicyclic) bond motifs is 3. The van der Waals surface area contributed by atoms with Gasteiger partial charge in [0.25, 0.3) is 0 Å². The minimum atomic E-state index is -0.311. The Morgan fingerprint density at radius 1 is 1.50 bits per heavy atom. The van der Waals surface area contributed by atoms with Crippen molar-refractivity contribution in [1.82, 2.24) is 15.5 Å². The molecule has 2 heterocycles. The third-order valence-corrected chi connectivity index (χ3v) is 3.66. The Morgan fingerprint density at radius 3 is 3.05 bits per heavy atom. The number of amides is 2. The fourth-order valence-corrected chi connectivity index (χ4v) is 2.85. The van der Waals surface area contributed by atoms with Crippen molar-refractivity contribution in [3.63, 3.8) is 0 Å². The number of carbonyl (C=O) groups is 1. The Kier molecular flexibility index (Phi) is 2.96. The quantitative estimate of drug-likeness (QED) is 0.753. The highest BCUT2D eigenvalue weighted by Gasteiger charge is 2.15. The van der Waals surface area contributed by atoms with Crippen molar-refractivity contribution in [3.8, 4) is 6.07 Å². The summed E-state index contributed by atoms with van der Waals surface area (Å²) in [6.07, 6.45) is 0. The van der Waals surface area contributed by atoms with Gasteiger partial charge in [-0.25, -0.2) is 9.78 Å². The van der Waals surface area contributed by atoms with Crippen LogP contribution in [0, 0.1) is 11.3 Å². The molecule has 1 aromatic carbocycles.